The van der Waals surface area contributed by atoms with Crippen LogP contribution in [0.15, 0.2) is 55.0 Å². The molecule has 176 valence electrons. The van der Waals surface area contributed by atoms with Crippen LogP contribution >= 0.6 is 0 Å². The molecule has 1 aromatic carbocycles. The molecular weight excluding hydrogens is 442 g/mol. The number of carbonyl (C=O) groups is 1. The predicted octanol–water partition coefficient (Wildman–Crippen LogP) is 2.63. The van der Waals surface area contributed by atoms with Crippen molar-refractivity contribution < 1.29 is 9.90 Å². The summed E-state index contributed by atoms with van der Waals surface area (Å²) < 4.78 is 2.11. The van der Waals surface area contributed by atoms with Gasteiger partial charge in [0, 0.05) is 35.6 Å². The highest BCUT2D eigenvalue weighted by atomic mass is 16.3. The van der Waals surface area contributed by atoms with Gasteiger partial charge in [-0.25, -0.2) is 15.0 Å². The third-order valence-corrected chi connectivity index (χ3v) is 6.15. The number of carbonyl (C=O) groups excluding carboxylic acids is 1. The van der Waals surface area contributed by atoms with E-state index in [2.05, 4.69) is 42.0 Å². The molecule has 1 amide bonds. The minimum atomic E-state index is -0.900. The Hall–Kier alpha value is -4.42. The van der Waals surface area contributed by atoms with Gasteiger partial charge in [-0.2, -0.15) is 0 Å². The second-order valence-corrected chi connectivity index (χ2v) is 8.36. The maximum Gasteiger partial charge on any atom is 0.296 e. The summed E-state index contributed by atoms with van der Waals surface area (Å²) in [5.41, 5.74) is 10.8. The van der Waals surface area contributed by atoms with Gasteiger partial charge in [-0.1, -0.05) is 36.3 Å². The molecule has 0 bridgehead atoms. The van der Waals surface area contributed by atoms with E-state index in [-0.39, 0.29) is 11.9 Å². The van der Waals surface area contributed by atoms with Crippen molar-refractivity contribution in [3.8, 4) is 23.0 Å². The Balaban J connectivity index is 1.48. The summed E-state index contributed by atoms with van der Waals surface area (Å²) in [5, 5.41) is 17.4. The Morgan fingerprint density at radius 3 is 2.77 bits per heavy atom. The Bertz CT molecular complexity index is 1440. The van der Waals surface area contributed by atoms with E-state index in [1.165, 1.54) is 6.33 Å². The lowest BCUT2D eigenvalue weighted by molar-refractivity contribution is -0.116. The third kappa shape index (κ3) is 4.39. The zero-order valence-electron chi connectivity index (χ0n) is 19.2. The fraction of sp³-hybridized carbons (Fsp3) is 0.231. The van der Waals surface area contributed by atoms with Crippen LogP contribution in [0.1, 0.15) is 30.8 Å². The van der Waals surface area contributed by atoms with E-state index in [9.17, 15) is 9.90 Å². The van der Waals surface area contributed by atoms with Crippen LogP contribution in [0.2, 0.25) is 0 Å². The molecule has 3 aromatic heterocycles. The van der Waals surface area contributed by atoms with Crippen molar-refractivity contribution in [1.82, 2.24) is 24.8 Å². The van der Waals surface area contributed by atoms with Crippen LogP contribution in [-0.2, 0) is 17.8 Å². The maximum absolute atomic E-state index is 12.0. The topological polar surface area (TPSA) is 131 Å². The van der Waals surface area contributed by atoms with Gasteiger partial charge < -0.3 is 26.0 Å². The number of nitrogens with two attached hydrogens (primary N) is 1. The van der Waals surface area contributed by atoms with E-state index in [4.69, 9.17) is 5.73 Å². The summed E-state index contributed by atoms with van der Waals surface area (Å²) >= 11 is 0. The highest BCUT2D eigenvalue weighted by Crippen LogP contribution is 2.39. The first-order valence-electron chi connectivity index (χ1n) is 11.4. The predicted molar refractivity (Wildman–Crippen MR) is 134 cm³/mol. The maximum atomic E-state index is 12.0. The summed E-state index contributed by atoms with van der Waals surface area (Å²) in [4.78, 5) is 24.9. The first-order chi connectivity index (χ1) is 17.0. The third-order valence-electron chi connectivity index (χ3n) is 6.15. The summed E-state index contributed by atoms with van der Waals surface area (Å²) in [7, 11) is 0. The number of nitrogens with zero attached hydrogens (tertiary/aromatic N) is 4. The molecule has 35 heavy (non-hydrogen) atoms. The quantitative estimate of drug-likeness (QED) is 0.262. The second kappa shape index (κ2) is 9.44. The minimum absolute atomic E-state index is 0.0503. The molecule has 1 unspecified atom stereocenters. The average Bonchev–Trinajstić information content (AvgIpc) is 3.20. The second-order valence-electron chi connectivity index (χ2n) is 8.36. The number of pyridine rings is 1. The van der Waals surface area contributed by atoms with Gasteiger partial charge in [0.05, 0.1) is 5.39 Å². The molecule has 0 aliphatic carbocycles. The molecule has 4 heterocycles. The van der Waals surface area contributed by atoms with Crippen LogP contribution in [0.25, 0.3) is 22.2 Å². The van der Waals surface area contributed by atoms with Gasteiger partial charge in [-0.3, -0.25) is 4.79 Å². The molecule has 4 aromatic rings. The van der Waals surface area contributed by atoms with Crippen LogP contribution < -0.4 is 16.4 Å². The van der Waals surface area contributed by atoms with Gasteiger partial charge in [0.1, 0.15) is 23.6 Å². The molecule has 2 atom stereocenters. The van der Waals surface area contributed by atoms with Gasteiger partial charge in [0.25, 0.3) is 5.91 Å². The van der Waals surface area contributed by atoms with Crippen molar-refractivity contribution in [2.75, 3.05) is 11.1 Å². The lowest BCUT2D eigenvalue weighted by atomic mass is 9.96. The zero-order valence-corrected chi connectivity index (χ0v) is 19.2. The molecule has 9 nitrogen and oxygen atoms in total. The Morgan fingerprint density at radius 1 is 1.20 bits per heavy atom. The van der Waals surface area contributed by atoms with Crippen LogP contribution in [0.5, 0.6) is 0 Å². The fourth-order valence-corrected chi connectivity index (χ4v) is 4.59. The minimum Gasteiger partial charge on any atom is -0.383 e. The number of benzene rings is 1. The lowest BCUT2D eigenvalue weighted by Gasteiger charge is -2.26. The smallest absolute Gasteiger partial charge is 0.296 e. The lowest BCUT2D eigenvalue weighted by Crippen LogP contribution is -2.40. The normalized spacial score (nSPS) is 15.5. The largest absolute Gasteiger partial charge is 0.383 e. The standard InChI is InChI=1S/C26H25N7O2/c1-2-5-21(34)31-18-11-12-19-22(23-24(27)29-15-30-25(23)33(19)14-18)16-7-9-17(10-8-16)26(35)32-20-6-3-4-13-28-20/h3-4,6-10,13,15,18,26,35H,11-12,14H2,1H3,(H,28,32)(H,31,34)(H2,27,29,30)/t18-,26?/m1/s1. The van der Waals surface area contributed by atoms with Crippen molar-refractivity contribution in [3.63, 3.8) is 0 Å². The fourth-order valence-electron chi connectivity index (χ4n) is 4.59. The number of anilines is 2. The molecule has 0 saturated carbocycles. The molecule has 0 fully saturated rings. The Kier molecular flexibility index (Phi) is 6.04. The van der Waals surface area contributed by atoms with E-state index in [0.29, 0.717) is 23.7 Å². The van der Waals surface area contributed by atoms with Gasteiger partial charge in [-0.05, 0) is 43.4 Å². The number of fused-ring (bicyclic) bond motifs is 3. The molecule has 5 N–H and O–H groups in total. The Morgan fingerprint density at radius 2 is 2.03 bits per heavy atom. The summed E-state index contributed by atoms with van der Waals surface area (Å²) in [6, 6.07) is 13.1. The highest BCUT2D eigenvalue weighted by molar-refractivity contribution is 6.02. The van der Waals surface area contributed by atoms with Gasteiger partial charge in [-0.15, -0.1) is 0 Å². The highest BCUT2D eigenvalue weighted by Gasteiger charge is 2.28. The van der Waals surface area contributed by atoms with Gasteiger partial charge in [0.2, 0.25) is 0 Å². The van der Waals surface area contributed by atoms with E-state index >= 15 is 0 Å². The number of hydrogen-bond acceptors (Lipinski definition) is 7. The summed E-state index contributed by atoms with van der Waals surface area (Å²) in [6.45, 7) is 2.22. The van der Waals surface area contributed by atoms with Crippen LogP contribution in [-0.4, -0.2) is 36.6 Å². The number of nitrogens with one attached hydrogen (secondary N) is 2. The molecule has 1 aliphatic heterocycles. The summed E-state index contributed by atoms with van der Waals surface area (Å²) in [5.74, 6) is 5.89. The van der Waals surface area contributed by atoms with Crippen molar-refractivity contribution in [1.29, 1.82) is 0 Å². The van der Waals surface area contributed by atoms with E-state index in [1.54, 1.807) is 19.2 Å². The van der Waals surface area contributed by atoms with Crippen molar-refractivity contribution >= 4 is 28.6 Å². The first-order valence-corrected chi connectivity index (χ1v) is 11.4. The summed E-state index contributed by atoms with van der Waals surface area (Å²) in [6.07, 6.45) is 3.74. The van der Waals surface area contributed by atoms with Crippen molar-refractivity contribution in [3.05, 3.63) is 66.2 Å². The molecule has 9 heteroatoms. The molecule has 0 saturated heterocycles. The first kappa shape index (κ1) is 22.4. The average molecular weight is 468 g/mol. The van der Waals surface area contributed by atoms with Gasteiger partial charge in [0.15, 0.2) is 6.23 Å². The van der Waals surface area contributed by atoms with Crippen molar-refractivity contribution in [2.45, 2.75) is 38.6 Å². The number of nitrogen functional groups attached to an aromatic ring is 1. The number of amides is 1. The number of aromatic nitrogens is 4. The van der Waals surface area contributed by atoms with Gasteiger partial charge >= 0.3 is 0 Å². The van der Waals surface area contributed by atoms with Crippen molar-refractivity contribution in [2.24, 2.45) is 0 Å². The molecular formula is C26H25N7O2. The molecule has 0 spiro atoms. The molecule has 5 rings (SSSR count). The number of rotatable bonds is 5. The SMILES string of the molecule is CC#CC(=O)N[C@@H]1CCc2c(-c3ccc(C(O)Nc4ccccn4)cc3)c3c(N)ncnc3n2C1. The van der Waals surface area contributed by atoms with E-state index < -0.39 is 6.23 Å². The molecule has 1 aliphatic rings. The Labute approximate surface area is 202 Å². The van der Waals surface area contributed by atoms with Crippen LogP contribution in [0, 0.1) is 11.8 Å². The van der Waals surface area contributed by atoms with E-state index in [1.807, 2.05) is 36.4 Å². The van der Waals surface area contributed by atoms with Crippen LogP contribution in [0.3, 0.4) is 0 Å². The van der Waals surface area contributed by atoms with E-state index in [0.717, 1.165) is 40.7 Å². The molecule has 0 radical (unpaired) electrons. The zero-order chi connectivity index (χ0) is 24.4. The number of aliphatic hydroxyl groups is 1. The van der Waals surface area contributed by atoms with Crippen LogP contribution in [0.4, 0.5) is 11.6 Å². The monoisotopic (exact) mass is 467 g/mol. The number of aliphatic hydroxyl groups excluding tert-OH is 1. The number of hydrogen-bond donors (Lipinski definition) is 4.